The molecular formula is C33H34O8V. The van der Waals surface area contributed by atoms with Gasteiger partial charge in [0.15, 0.2) is 11.6 Å². The van der Waals surface area contributed by atoms with Crippen LogP contribution in [0.15, 0.2) is 133 Å². The van der Waals surface area contributed by atoms with Gasteiger partial charge >= 0.3 is 18.6 Å². The monoisotopic (exact) mass is 609 g/mol. The molecule has 0 aliphatic heterocycles. The van der Waals surface area contributed by atoms with Crippen molar-refractivity contribution in [2.45, 2.75) is 0 Å². The standard InChI is InChI=1S/2C15H12O2.3CH4O.O.V/c2*16-14(12-7-3-1-4-8-12)11-15(17)13-9-5-2-6-10-13;3*1-2;;/h2*1-11,16H;3*2H,1H3;;/q;;;;;-2;+4/p-2/b2*14-11-;;;;;. The van der Waals surface area contributed by atoms with Crippen molar-refractivity contribution in [1.29, 1.82) is 0 Å². The molecule has 42 heavy (non-hydrogen) atoms. The van der Waals surface area contributed by atoms with Crippen LogP contribution in [0.1, 0.15) is 31.8 Å². The summed E-state index contributed by atoms with van der Waals surface area (Å²) < 4.78 is 0. The van der Waals surface area contributed by atoms with Gasteiger partial charge in [0.2, 0.25) is 0 Å². The van der Waals surface area contributed by atoms with E-state index >= 15 is 0 Å². The topological polar surface area (TPSA) is 169 Å². The summed E-state index contributed by atoms with van der Waals surface area (Å²) in [5.41, 5.74) is 2.10. The smallest absolute Gasteiger partial charge is 2.00 e. The van der Waals surface area contributed by atoms with Gasteiger partial charge in [0, 0.05) is 32.5 Å². The molecule has 0 aliphatic rings. The maximum absolute atomic E-state index is 11.8. The fourth-order valence-electron chi connectivity index (χ4n) is 2.98. The average molecular weight is 610 g/mol. The van der Waals surface area contributed by atoms with Gasteiger partial charge in [0.25, 0.3) is 0 Å². The molecule has 0 atom stereocenters. The first-order valence-corrected chi connectivity index (χ1v) is 12.0. The number of rotatable bonds is 6. The molecule has 4 aromatic carbocycles. The first kappa shape index (κ1) is 42.2. The second kappa shape index (κ2) is 26.9. The van der Waals surface area contributed by atoms with Gasteiger partial charge in [-0.25, -0.2) is 0 Å². The molecular weight excluding hydrogens is 575 g/mol. The number of carbonyl (C=O) groups is 2. The Labute approximate surface area is 258 Å². The quantitative estimate of drug-likeness (QED) is 0.171. The van der Waals surface area contributed by atoms with Crippen molar-refractivity contribution < 1.29 is 59.2 Å². The third-order valence-electron chi connectivity index (χ3n) is 4.76. The zero-order valence-electron chi connectivity index (χ0n) is 23.5. The summed E-state index contributed by atoms with van der Waals surface area (Å²) in [6, 6.07) is 35.0. The van der Waals surface area contributed by atoms with Crippen molar-refractivity contribution >= 4 is 23.1 Å². The van der Waals surface area contributed by atoms with E-state index < -0.39 is 0 Å². The summed E-state index contributed by atoms with van der Waals surface area (Å²) in [5, 5.41) is 44.5. The normalized spacial score (nSPS) is 9.48. The van der Waals surface area contributed by atoms with Gasteiger partial charge in [-0.2, -0.15) is 0 Å². The molecule has 0 aliphatic carbocycles. The SMILES string of the molecule is CO.CO.CO.O=C(/C=C(\[O-])c1ccccc1)c1ccccc1.O=C(/C=C(\[O-])c1ccccc1)c1ccccc1.[O-2].[V+4]. The molecule has 9 heteroatoms. The number of allylic oxidation sites excluding steroid dienone is 2. The number of carbonyl (C=O) groups excluding carboxylic acids is 2. The number of benzene rings is 4. The summed E-state index contributed by atoms with van der Waals surface area (Å²) in [7, 11) is 3.00. The van der Waals surface area contributed by atoms with E-state index in [0.29, 0.717) is 22.3 Å². The van der Waals surface area contributed by atoms with E-state index in [1.807, 2.05) is 24.3 Å². The van der Waals surface area contributed by atoms with Crippen LogP contribution < -0.4 is 10.2 Å². The minimum Gasteiger partial charge on any atom is -2.00 e. The Morgan fingerprint density at radius 2 is 0.643 bits per heavy atom. The minimum atomic E-state index is -0.264. The van der Waals surface area contributed by atoms with E-state index in [1.54, 1.807) is 97.1 Å². The Morgan fingerprint density at radius 3 is 0.857 bits per heavy atom. The van der Waals surface area contributed by atoms with Crippen LogP contribution >= 0.6 is 0 Å². The van der Waals surface area contributed by atoms with Gasteiger partial charge in [-0.3, -0.25) is 9.59 Å². The second-order valence-electron chi connectivity index (χ2n) is 7.21. The van der Waals surface area contributed by atoms with Crippen molar-refractivity contribution in [2.24, 2.45) is 0 Å². The molecule has 0 bridgehead atoms. The van der Waals surface area contributed by atoms with Crippen LogP contribution in [-0.4, -0.2) is 48.2 Å². The second-order valence-corrected chi connectivity index (χ2v) is 7.21. The van der Waals surface area contributed by atoms with Crippen LogP contribution in [0.5, 0.6) is 0 Å². The summed E-state index contributed by atoms with van der Waals surface area (Å²) >= 11 is 0. The zero-order valence-corrected chi connectivity index (χ0v) is 24.9. The first-order chi connectivity index (χ1) is 19.5. The predicted molar refractivity (Wildman–Crippen MR) is 155 cm³/mol. The Bertz CT molecular complexity index is 1180. The van der Waals surface area contributed by atoms with E-state index in [-0.39, 0.29) is 47.1 Å². The van der Waals surface area contributed by atoms with Gasteiger partial charge in [-0.15, -0.1) is 0 Å². The molecule has 0 amide bonds. The van der Waals surface area contributed by atoms with E-state index in [4.69, 9.17) is 15.3 Å². The molecule has 0 fully saturated rings. The Balaban J connectivity index is -0.000000591. The summed E-state index contributed by atoms with van der Waals surface area (Å²) in [4.78, 5) is 23.5. The third kappa shape index (κ3) is 16.1. The molecule has 0 spiro atoms. The molecule has 0 aromatic heterocycles. The molecule has 1 radical (unpaired) electrons. The van der Waals surface area contributed by atoms with Gasteiger partial charge in [0.05, 0.1) is 0 Å². The summed E-state index contributed by atoms with van der Waals surface area (Å²) in [5.74, 6) is -1.06. The largest absolute Gasteiger partial charge is 4.00 e. The zero-order chi connectivity index (χ0) is 30.2. The van der Waals surface area contributed by atoms with Crippen molar-refractivity contribution in [3.05, 3.63) is 156 Å². The average Bonchev–Trinajstić information content (AvgIpc) is 3.06. The van der Waals surface area contributed by atoms with Crippen LogP contribution in [0, 0.1) is 0 Å². The molecule has 4 aromatic rings. The maximum Gasteiger partial charge on any atom is 4.00 e. The number of hydrogen-bond acceptors (Lipinski definition) is 7. The van der Waals surface area contributed by atoms with Crippen LogP contribution in [0.2, 0.25) is 0 Å². The number of aliphatic hydroxyl groups excluding tert-OH is 3. The van der Waals surface area contributed by atoms with Gasteiger partial charge in [0.1, 0.15) is 0 Å². The fraction of sp³-hybridized carbons (Fsp3) is 0.0909. The van der Waals surface area contributed by atoms with Crippen LogP contribution in [0.3, 0.4) is 0 Å². The van der Waals surface area contributed by atoms with Crippen molar-refractivity contribution in [2.75, 3.05) is 21.3 Å². The molecule has 219 valence electrons. The van der Waals surface area contributed by atoms with Crippen molar-refractivity contribution in [1.82, 2.24) is 0 Å². The van der Waals surface area contributed by atoms with Gasteiger partial charge in [-0.05, 0) is 23.3 Å². The van der Waals surface area contributed by atoms with E-state index in [0.717, 1.165) is 33.5 Å². The molecule has 4 rings (SSSR count). The van der Waals surface area contributed by atoms with Crippen LogP contribution in [0.25, 0.3) is 11.5 Å². The predicted octanol–water partition coefficient (Wildman–Crippen LogP) is 3.25. The van der Waals surface area contributed by atoms with Crippen molar-refractivity contribution in [3.8, 4) is 0 Å². The maximum atomic E-state index is 11.8. The molecule has 0 unspecified atom stereocenters. The third-order valence-corrected chi connectivity index (χ3v) is 4.76. The number of hydrogen-bond donors (Lipinski definition) is 3. The summed E-state index contributed by atoms with van der Waals surface area (Å²) in [6.07, 6.45) is 2.26. The first-order valence-electron chi connectivity index (χ1n) is 12.0. The number of aliphatic hydroxyl groups is 3. The van der Waals surface area contributed by atoms with Gasteiger partial charge < -0.3 is 31.0 Å². The number of ketones is 2. The van der Waals surface area contributed by atoms with Gasteiger partial charge in [-0.1, -0.05) is 133 Å². The fourth-order valence-corrected chi connectivity index (χ4v) is 2.98. The summed E-state index contributed by atoms with van der Waals surface area (Å²) in [6.45, 7) is 0. The van der Waals surface area contributed by atoms with E-state index in [1.165, 1.54) is 0 Å². The molecule has 3 N–H and O–H groups in total. The Hall–Kier alpha value is -4.28. The van der Waals surface area contributed by atoms with E-state index in [2.05, 4.69) is 0 Å². The molecule has 8 nitrogen and oxygen atoms in total. The Kier molecular flexibility index (Phi) is 27.0. The molecule has 0 saturated heterocycles. The Morgan fingerprint density at radius 1 is 0.452 bits per heavy atom. The van der Waals surface area contributed by atoms with Crippen LogP contribution in [0.4, 0.5) is 0 Å². The van der Waals surface area contributed by atoms with E-state index in [9.17, 15) is 19.8 Å². The minimum absolute atomic E-state index is 0. The van der Waals surface area contributed by atoms with Crippen LogP contribution in [-0.2, 0) is 24.0 Å². The molecule has 0 heterocycles. The van der Waals surface area contributed by atoms with Crippen molar-refractivity contribution in [3.63, 3.8) is 0 Å². The molecule has 0 saturated carbocycles.